The minimum absolute atomic E-state index is 0.202. The molecule has 1 heterocycles. The van der Waals surface area contributed by atoms with Crippen LogP contribution in [0.2, 0.25) is 0 Å². The maximum absolute atomic E-state index is 2.37. The molecule has 22 heavy (non-hydrogen) atoms. The first-order valence-corrected chi connectivity index (χ1v) is 9.43. The highest BCUT2D eigenvalue weighted by molar-refractivity contribution is 8.05. The summed E-state index contributed by atoms with van der Waals surface area (Å²) in [7, 11) is 0. The average molecular weight is 329 g/mol. The van der Waals surface area contributed by atoms with E-state index in [1.54, 1.807) is 0 Å². The molecule has 0 unspecified atom stereocenters. The Kier molecular flexibility index (Phi) is 3.89. The summed E-state index contributed by atoms with van der Waals surface area (Å²) in [5.41, 5.74) is 3.23. The van der Waals surface area contributed by atoms with E-state index in [4.69, 9.17) is 0 Å². The summed E-state index contributed by atoms with van der Waals surface area (Å²) in [5.74, 6) is 0. The standard InChI is InChI=1S/C20H24S2/c1-19(2,3)13-7-9-15-17(11-13)22-18-12-14(20(4,5)6)8-10-16(18)21-15/h7-12H,1-6H3. The third-order valence-corrected chi connectivity index (χ3v) is 6.58. The lowest BCUT2D eigenvalue weighted by molar-refractivity contribution is 0.587. The molecule has 1 aliphatic rings. The minimum Gasteiger partial charge on any atom is -0.0877 e. The predicted octanol–water partition coefficient (Wildman–Crippen LogP) is 6.90. The molecule has 0 atom stereocenters. The number of hydrogen-bond donors (Lipinski definition) is 0. The van der Waals surface area contributed by atoms with Crippen LogP contribution in [0.4, 0.5) is 0 Å². The van der Waals surface area contributed by atoms with Crippen molar-refractivity contribution < 1.29 is 0 Å². The smallest absolute Gasteiger partial charge is 0.0265 e. The predicted molar refractivity (Wildman–Crippen MR) is 98.5 cm³/mol. The normalized spacial score (nSPS) is 14.5. The first-order valence-electron chi connectivity index (χ1n) is 7.79. The molecule has 0 nitrogen and oxygen atoms in total. The first kappa shape index (κ1) is 16.0. The molecule has 2 heteroatoms. The minimum atomic E-state index is 0.202. The van der Waals surface area contributed by atoms with Gasteiger partial charge in [0.05, 0.1) is 0 Å². The summed E-state index contributed by atoms with van der Waals surface area (Å²) >= 11 is 3.82. The molecule has 0 saturated carbocycles. The lowest BCUT2D eigenvalue weighted by atomic mass is 9.87. The zero-order chi connectivity index (χ0) is 16.1. The third-order valence-electron chi connectivity index (χ3n) is 4.06. The lowest BCUT2D eigenvalue weighted by Crippen LogP contribution is -2.12. The van der Waals surface area contributed by atoms with Crippen LogP contribution in [0.15, 0.2) is 56.0 Å². The Bertz CT molecular complexity index is 654. The average Bonchev–Trinajstić information content (AvgIpc) is 2.41. The topological polar surface area (TPSA) is 0 Å². The number of rotatable bonds is 0. The molecule has 0 aromatic heterocycles. The molecular formula is C20H24S2. The summed E-state index contributed by atoms with van der Waals surface area (Å²) in [6.45, 7) is 13.7. The molecule has 0 aliphatic carbocycles. The van der Waals surface area contributed by atoms with Crippen molar-refractivity contribution in [3.05, 3.63) is 47.5 Å². The van der Waals surface area contributed by atoms with Crippen LogP contribution in [0.25, 0.3) is 0 Å². The Balaban J connectivity index is 2.00. The Hall–Kier alpha value is -0.860. The van der Waals surface area contributed by atoms with Crippen molar-refractivity contribution in [3.63, 3.8) is 0 Å². The molecule has 0 amide bonds. The van der Waals surface area contributed by atoms with Crippen LogP contribution >= 0.6 is 23.5 Å². The molecule has 0 bridgehead atoms. The van der Waals surface area contributed by atoms with Gasteiger partial charge in [-0.3, -0.25) is 0 Å². The van der Waals surface area contributed by atoms with Crippen molar-refractivity contribution in [1.82, 2.24) is 0 Å². The van der Waals surface area contributed by atoms with Gasteiger partial charge in [-0.25, -0.2) is 0 Å². The third kappa shape index (κ3) is 3.09. The summed E-state index contributed by atoms with van der Waals surface area (Å²) in [6, 6.07) is 13.9. The number of hydrogen-bond acceptors (Lipinski definition) is 2. The van der Waals surface area contributed by atoms with E-state index in [1.165, 1.54) is 30.7 Å². The molecule has 0 spiro atoms. The van der Waals surface area contributed by atoms with E-state index in [2.05, 4.69) is 77.9 Å². The van der Waals surface area contributed by atoms with E-state index in [0.29, 0.717) is 0 Å². The van der Waals surface area contributed by atoms with E-state index in [9.17, 15) is 0 Å². The molecule has 2 aromatic carbocycles. The van der Waals surface area contributed by atoms with Gasteiger partial charge in [-0.15, -0.1) is 0 Å². The van der Waals surface area contributed by atoms with Gasteiger partial charge in [0, 0.05) is 19.6 Å². The van der Waals surface area contributed by atoms with Crippen LogP contribution in [-0.4, -0.2) is 0 Å². The fourth-order valence-corrected chi connectivity index (χ4v) is 4.79. The fraction of sp³-hybridized carbons (Fsp3) is 0.400. The molecule has 0 saturated heterocycles. The van der Waals surface area contributed by atoms with Gasteiger partial charge in [-0.2, -0.15) is 0 Å². The number of fused-ring (bicyclic) bond motifs is 2. The van der Waals surface area contributed by atoms with E-state index in [-0.39, 0.29) is 10.8 Å². The fourth-order valence-electron chi connectivity index (χ4n) is 2.51. The highest BCUT2D eigenvalue weighted by Crippen LogP contribution is 2.50. The molecule has 0 fully saturated rings. The van der Waals surface area contributed by atoms with Gasteiger partial charge in [0.2, 0.25) is 0 Å². The SMILES string of the molecule is CC(C)(C)c1ccc2c(c1)Sc1cc(C(C)(C)C)ccc1S2. The summed E-state index contributed by atoms with van der Waals surface area (Å²) in [6.07, 6.45) is 0. The van der Waals surface area contributed by atoms with Crippen molar-refractivity contribution >= 4 is 23.5 Å². The molecular weight excluding hydrogens is 304 g/mol. The Labute approximate surface area is 143 Å². The van der Waals surface area contributed by atoms with Crippen molar-refractivity contribution in [2.45, 2.75) is 72.0 Å². The van der Waals surface area contributed by atoms with Gasteiger partial charge in [-0.1, -0.05) is 77.2 Å². The van der Waals surface area contributed by atoms with Gasteiger partial charge in [-0.05, 0) is 46.2 Å². The second-order valence-electron chi connectivity index (χ2n) is 8.03. The summed E-state index contributed by atoms with van der Waals surface area (Å²) in [4.78, 5) is 5.56. The Morgan fingerprint density at radius 3 is 1.27 bits per heavy atom. The Morgan fingerprint density at radius 1 is 0.545 bits per heavy atom. The quantitative estimate of drug-likeness (QED) is 0.440. The van der Waals surface area contributed by atoms with Crippen molar-refractivity contribution in [1.29, 1.82) is 0 Å². The van der Waals surface area contributed by atoms with Crippen LogP contribution in [-0.2, 0) is 10.8 Å². The van der Waals surface area contributed by atoms with Gasteiger partial charge in [0.25, 0.3) is 0 Å². The first-order chi connectivity index (χ1) is 10.1. The molecule has 2 aromatic rings. The molecule has 1 aliphatic heterocycles. The van der Waals surface area contributed by atoms with Crippen molar-refractivity contribution in [3.8, 4) is 0 Å². The largest absolute Gasteiger partial charge is 0.0877 e. The van der Waals surface area contributed by atoms with Gasteiger partial charge < -0.3 is 0 Å². The maximum Gasteiger partial charge on any atom is 0.0265 e. The summed E-state index contributed by atoms with van der Waals surface area (Å²) in [5, 5.41) is 0. The molecule has 0 radical (unpaired) electrons. The van der Waals surface area contributed by atoms with Crippen LogP contribution in [0, 0.1) is 0 Å². The van der Waals surface area contributed by atoms with Crippen molar-refractivity contribution in [2.24, 2.45) is 0 Å². The van der Waals surface area contributed by atoms with E-state index >= 15 is 0 Å². The van der Waals surface area contributed by atoms with Crippen LogP contribution in [0.1, 0.15) is 52.7 Å². The van der Waals surface area contributed by atoms with E-state index in [1.807, 2.05) is 23.5 Å². The highest BCUT2D eigenvalue weighted by Gasteiger charge is 2.22. The monoisotopic (exact) mass is 328 g/mol. The van der Waals surface area contributed by atoms with E-state index in [0.717, 1.165) is 0 Å². The van der Waals surface area contributed by atoms with Gasteiger partial charge in [0.15, 0.2) is 0 Å². The van der Waals surface area contributed by atoms with Crippen LogP contribution < -0.4 is 0 Å². The lowest BCUT2D eigenvalue weighted by Gasteiger charge is -2.26. The summed E-state index contributed by atoms with van der Waals surface area (Å²) < 4.78 is 0. The van der Waals surface area contributed by atoms with Crippen molar-refractivity contribution in [2.75, 3.05) is 0 Å². The van der Waals surface area contributed by atoms with Crippen LogP contribution in [0.3, 0.4) is 0 Å². The molecule has 116 valence electrons. The second-order valence-corrected chi connectivity index (χ2v) is 10.2. The van der Waals surface area contributed by atoms with Gasteiger partial charge >= 0.3 is 0 Å². The highest BCUT2D eigenvalue weighted by atomic mass is 32.2. The zero-order valence-corrected chi connectivity index (χ0v) is 15.9. The maximum atomic E-state index is 2.37. The number of benzene rings is 2. The zero-order valence-electron chi connectivity index (χ0n) is 14.3. The van der Waals surface area contributed by atoms with E-state index < -0.39 is 0 Å². The molecule has 0 N–H and O–H groups in total. The van der Waals surface area contributed by atoms with Gasteiger partial charge in [0.1, 0.15) is 0 Å². The Morgan fingerprint density at radius 2 is 0.909 bits per heavy atom. The second kappa shape index (κ2) is 5.35. The van der Waals surface area contributed by atoms with Crippen LogP contribution in [0.5, 0.6) is 0 Å². The molecule has 3 rings (SSSR count).